The van der Waals surface area contributed by atoms with E-state index in [2.05, 4.69) is 6.92 Å². The largest absolute Gasteiger partial charge is 0.388 e. The van der Waals surface area contributed by atoms with Gasteiger partial charge in [0, 0.05) is 16.8 Å². The molecule has 0 amide bonds. The first-order valence-electron chi connectivity index (χ1n) is 5.12. The predicted octanol–water partition coefficient (Wildman–Crippen LogP) is 2.22. The fraction of sp³-hybridized carbons (Fsp3) is 0.636. The Kier molecular flexibility index (Phi) is 2.64. The van der Waals surface area contributed by atoms with Gasteiger partial charge in [0.2, 0.25) is 0 Å². The van der Waals surface area contributed by atoms with Gasteiger partial charge in [-0.05, 0) is 36.8 Å². The van der Waals surface area contributed by atoms with Gasteiger partial charge in [0.15, 0.2) is 0 Å². The Morgan fingerprint density at radius 2 is 2.36 bits per heavy atom. The summed E-state index contributed by atoms with van der Waals surface area (Å²) in [5.41, 5.74) is 6.83. The van der Waals surface area contributed by atoms with Crippen LogP contribution in [0.4, 0.5) is 0 Å². The molecule has 3 heteroatoms. The number of aliphatic hydroxyl groups is 1. The lowest BCUT2D eigenvalue weighted by atomic mass is 9.63. The third-order valence-corrected chi connectivity index (χ3v) is 4.39. The van der Waals surface area contributed by atoms with Crippen LogP contribution in [-0.4, -0.2) is 11.7 Å². The molecule has 3 N–H and O–H groups in total. The Balaban J connectivity index is 2.22. The number of hydrogen-bond acceptors (Lipinski definition) is 3. The molecule has 1 heterocycles. The molecule has 0 saturated heterocycles. The van der Waals surface area contributed by atoms with Crippen LogP contribution in [0, 0.1) is 12.3 Å². The quantitative estimate of drug-likeness (QED) is 0.805. The normalized spacial score (nSPS) is 21.6. The summed E-state index contributed by atoms with van der Waals surface area (Å²) < 4.78 is 0. The lowest BCUT2D eigenvalue weighted by Crippen LogP contribution is -2.42. The summed E-state index contributed by atoms with van der Waals surface area (Å²) in [5.74, 6) is 0. The molecular weight excluding hydrogens is 194 g/mol. The van der Waals surface area contributed by atoms with E-state index in [9.17, 15) is 5.11 Å². The second kappa shape index (κ2) is 3.65. The molecule has 0 bridgehead atoms. The van der Waals surface area contributed by atoms with E-state index in [1.165, 1.54) is 11.3 Å². The molecule has 0 aromatic carbocycles. The van der Waals surface area contributed by atoms with Crippen LogP contribution in [0.5, 0.6) is 0 Å². The molecule has 1 aromatic heterocycles. The fourth-order valence-electron chi connectivity index (χ4n) is 2.23. The highest BCUT2D eigenvalue weighted by Crippen LogP contribution is 2.50. The van der Waals surface area contributed by atoms with Crippen molar-refractivity contribution in [2.24, 2.45) is 11.1 Å². The summed E-state index contributed by atoms with van der Waals surface area (Å²) in [6.45, 7) is 2.66. The third kappa shape index (κ3) is 1.40. The zero-order valence-corrected chi connectivity index (χ0v) is 9.31. The number of nitrogens with two attached hydrogens (primary N) is 1. The van der Waals surface area contributed by atoms with Crippen molar-refractivity contribution in [2.45, 2.75) is 32.3 Å². The molecule has 1 aromatic rings. The Bertz CT molecular complexity index is 311. The Morgan fingerprint density at radius 3 is 2.71 bits per heavy atom. The van der Waals surface area contributed by atoms with Crippen LogP contribution in [0.25, 0.3) is 0 Å². The van der Waals surface area contributed by atoms with E-state index < -0.39 is 0 Å². The number of rotatable bonds is 3. The Labute approximate surface area is 88.8 Å². The summed E-state index contributed by atoms with van der Waals surface area (Å²) in [6.07, 6.45) is 2.99. The Hall–Kier alpha value is -0.380. The van der Waals surface area contributed by atoms with E-state index >= 15 is 0 Å². The van der Waals surface area contributed by atoms with Crippen LogP contribution in [0.2, 0.25) is 0 Å². The van der Waals surface area contributed by atoms with Crippen LogP contribution in [0.15, 0.2) is 11.4 Å². The number of thiophene rings is 1. The van der Waals surface area contributed by atoms with Crippen LogP contribution < -0.4 is 5.73 Å². The van der Waals surface area contributed by atoms with Gasteiger partial charge >= 0.3 is 0 Å². The van der Waals surface area contributed by atoms with Gasteiger partial charge in [-0.2, -0.15) is 0 Å². The first kappa shape index (κ1) is 10.1. The van der Waals surface area contributed by atoms with Crippen LogP contribution in [-0.2, 0) is 0 Å². The lowest BCUT2D eigenvalue weighted by Gasteiger charge is -2.44. The molecule has 0 radical (unpaired) electrons. The highest BCUT2D eigenvalue weighted by molar-refractivity contribution is 7.10. The van der Waals surface area contributed by atoms with Crippen molar-refractivity contribution in [3.63, 3.8) is 0 Å². The van der Waals surface area contributed by atoms with E-state index in [0.717, 1.165) is 18.4 Å². The zero-order chi connectivity index (χ0) is 10.2. The van der Waals surface area contributed by atoms with Crippen molar-refractivity contribution >= 4 is 11.3 Å². The molecule has 2 rings (SSSR count). The minimum atomic E-state index is -0.354. The van der Waals surface area contributed by atoms with Gasteiger partial charge in [-0.3, -0.25) is 0 Å². The average molecular weight is 211 g/mol. The standard InChI is InChI=1S/C11H17NOS/c1-8-9(3-6-14-8)10(13)11(7-12)4-2-5-11/h3,6,10,13H,2,4-5,7,12H2,1H3. The molecular formula is C11H17NOS. The second-order valence-electron chi connectivity index (χ2n) is 4.25. The highest BCUT2D eigenvalue weighted by Gasteiger charge is 2.43. The summed E-state index contributed by atoms with van der Waals surface area (Å²) in [6, 6.07) is 2.03. The first-order valence-corrected chi connectivity index (χ1v) is 6.00. The molecule has 14 heavy (non-hydrogen) atoms. The molecule has 2 nitrogen and oxygen atoms in total. The van der Waals surface area contributed by atoms with E-state index in [0.29, 0.717) is 6.54 Å². The SMILES string of the molecule is Cc1sccc1C(O)C1(CN)CCC1. The highest BCUT2D eigenvalue weighted by atomic mass is 32.1. The van der Waals surface area contributed by atoms with E-state index in [1.54, 1.807) is 11.3 Å². The van der Waals surface area contributed by atoms with Gasteiger partial charge in [0.05, 0.1) is 6.10 Å². The summed E-state index contributed by atoms with van der Waals surface area (Å²) in [4.78, 5) is 1.22. The van der Waals surface area contributed by atoms with Crippen LogP contribution in [0.3, 0.4) is 0 Å². The van der Waals surface area contributed by atoms with Crippen LogP contribution >= 0.6 is 11.3 Å². The molecule has 0 aliphatic heterocycles. The van der Waals surface area contributed by atoms with Crippen molar-refractivity contribution in [1.29, 1.82) is 0 Å². The fourth-order valence-corrected chi connectivity index (χ4v) is 2.96. The minimum absolute atomic E-state index is 0.0220. The molecule has 78 valence electrons. The van der Waals surface area contributed by atoms with Crippen molar-refractivity contribution in [1.82, 2.24) is 0 Å². The lowest BCUT2D eigenvalue weighted by molar-refractivity contribution is -0.0297. The maximum Gasteiger partial charge on any atom is 0.0868 e. The molecule has 1 unspecified atom stereocenters. The molecule has 1 atom stereocenters. The van der Waals surface area contributed by atoms with Crippen molar-refractivity contribution < 1.29 is 5.11 Å². The van der Waals surface area contributed by atoms with E-state index in [-0.39, 0.29) is 11.5 Å². The van der Waals surface area contributed by atoms with Gasteiger partial charge in [0.1, 0.15) is 0 Å². The third-order valence-electron chi connectivity index (χ3n) is 3.53. The molecule has 1 saturated carbocycles. The molecule has 1 aliphatic carbocycles. The topological polar surface area (TPSA) is 46.2 Å². The van der Waals surface area contributed by atoms with Gasteiger partial charge in [-0.1, -0.05) is 6.42 Å². The number of aryl methyl sites for hydroxylation is 1. The maximum atomic E-state index is 10.3. The number of aliphatic hydroxyl groups excluding tert-OH is 1. The van der Waals surface area contributed by atoms with Crippen molar-refractivity contribution in [3.05, 3.63) is 21.9 Å². The van der Waals surface area contributed by atoms with Gasteiger partial charge in [0.25, 0.3) is 0 Å². The smallest absolute Gasteiger partial charge is 0.0868 e. The van der Waals surface area contributed by atoms with Gasteiger partial charge in [-0.25, -0.2) is 0 Å². The maximum absolute atomic E-state index is 10.3. The predicted molar refractivity (Wildman–Crippen MR) is 59.4 cm³/mol. The minimum Gasteiger partial charge on any atom is -0.388 e. The van der Waals surface area contributed by atoms with Gasteiger partial charge < -0.3 is 10.8 Å². The first-order chi connectivity index (χ1) is 6.69. The van der Waals surface area contributed by atoms with E-state index in [4.69, 9.17) is 5.73 Å². The summed E-state index contributed by atoms with van der Waals surface area (Å²) in [7, 11) is 0. The average Bonchev–Trinajstić information content (AvgIpc) is 2.50. The van der Waals surface area contributed by atoms with Gasteiger partial charge in [-0.15, -0.1) is 11.3 Å². The zero-order valence-electron chi connectivity index (χ0n) is 8.49. The molecule has 1 aliphatic rings. The monoisotopic (exact) mass is 211 g/mol. The summed E-state index contributed by atoms with van der Waals surface area (Å²) >= 11 is 1.69. The second-order valence-corrected chi connectivity index (χ2v) is 5.37. The molecule has 0 spiro atoms. The summed E-state index contributed by atoms with van der Waals surface area (Å²) in [5, 5.41) is 12.3. The molecule has 1 fully saturated rings. The van der Waals surface area contributed by atoms with E-state index in [1.807, 2.05) is 11.4 Å². The van der Waals surface area contributed by atoms with Crippen LogP contribution in [0.1, 0.15) is 35.8 Å². The Morgan fingerprint density at radius 1 is 1.64 bits per heavy atom. The van der Waals surface area contributed by atoms with Crippen molar-refractivity contribution in [2.75, 3.05) is 6.54 Å². The number of hydrogen-bond donors (Lipinski definition) is 2. The van der Waals surface area contributed by atoms with Crippen molar-refractivity contribution in [3.8, 4) is 0 Å².